The molecule has 1 aromatic carbocycles. The third-order valence-corrected chi connectivity index (χ3v) is 3.10. The number of pyridine rings is 1. The zero-order valence-corrected chi connectivity index (χ0v) is 11.9. The van der Waals surface area contributed by atoms with Crippen molar-refractivity contribution in [3.8, 4) is 0 Å². The average Bonchev–Trinajstić information content (AvgIpc) is 2.49. The zero-order chi connectivity index (χ0) is 15.2. The summed E-state index contributed by atoms with van der Waals surface area (Å²) in [5.41, 5.74) is 1.77. The molecule has 0 aliphatic rings. The highest BCUT2D eigenvalue weighted by molar-refractivity contribution is 5.99. The van der Waals surface area contributed by atoms with E-state index in [0.29, 0.717) is 5.69 Å². The summed E-state index contributed by atoms with van der Waals surface area (Å²) >= 11 is 0. The van der Waals surface area contributed by atoms with Gasteiger partial charge in [-0.25, -0.2) is 9.18 Å². The van der Waals surface area contributed by atoms with Gasteiger partial charge in [-0.15, -0.1) is 0 Å². The molecule has 1 atom stereocenters. The summed E-state index contributed by atoms with van der Waals surface area (Å²) in [5.74, 6) is -0.579. The smallest absolute Gasteiger partial charge is 0.313 e. The summed E-state index contributed by atoms with van der Waals surface area (Å²) in [5, 5.41) is 8.24. The van der Waals surface area contributed by atoms with Crippen LogP contribution in [0.15, 0.2) is 42.7 Å². The molecule has 110 valence electrons. The lowest BCUT2D eigenvalue weighted by Gasteiger charge is -2.13. The van der Waals surface area contributed by atoms with Crippen molar-refractivity contribution in [3.05, 3.63) is 54.1 Å². The highest BCUT2D eigenvalue weighted by Gasteiger charge is 2.08. The molecule has 1 heterocycles. The molecule has 6 heteroatoms. The zero-order valence-electron chi connectivity index (χ0n) is 11.9. The molecular weight excluding hydrogens is 271 g/mol. The molecule has 0 bridgehead atoms. The molecule has 0 aliphatic heterocycles. The summed E-state index contributed by atoms with van der Waals surface area (Å²) < 4.78 is 13.4. The van der Waals surface area contributed by atoms with Crippen molar-refractivity contribution in [2.45, 2.75) is 13.0 Å². The standard InChI is InChI=1S/C15H17FN4O/c1-10(17-2)11-4-3-5-12(8-11)19-15(21)20-14-6-7-18-9-13(14)16/h3-10,17H,1-2H3,(H2,18,19,20,21). The minimum absolute atomic E-state index is 0.0854. The maximum Gasteiger partial charge on any atom is 0.323 e. The average molecular weight is 288 g/mol. The van der Waals surface area contributed by atoms with Crippen LogP contribution in [-0.2, 0) is 0 Å². The molecule has 2 amide bonds. The van der Waals surface area contributed by atoms with Crippen molar-refractivity contribution in [2.24, 2.45) is 0 Å². The van der Waals surface area contributed by atoms with Crippen LogP contribution in [0.4, 0.5) is 20.6 Å². The maximum absolute atomic E-state index is 13.4. The summed E-state index contributed by atoms with van der Waals surface area (Å²) in [7, 11) is 1.86. The molecule has 0 fully saturated rings. The fourth-order valence-electron chi connectivity index (χ4n) is 1.81. The van der Waals surface area contributed by atoms with E-state index in [1.165, 1.54) is 12.3 Å². The summed E-state index contributed by atoms with van der Waals surface area (Å²) in [6.07, 6.45) is 2.46. The van der Waals surface area contributed by atoms with Gasteiger partial charge in [0.05, 0.1) is 11.9 Å². The van der Waals surface area contributed by atoms with Crippen molar-refractivity contribution in [1.82, 2.24) is 10.3 Å². The molecule has 5 nitrogen and oxygen atoms in total. The van der Waals surface area contributed by atoms with Gasteiger partial charge in [0.25, 0.3) is 0 Å². The molecular formula is C15H17FN4O. The number of carbonyl (C=O) groups is 1. The van der Waals surface area contributed by atoms with E-state index in [2.05, 4.69) is 20.9 Å². The van der Waals surface area contributed by atoms with Crippen LogP contribution in [0.5, 0.6) is 0 Å². The van der Waals surface area contributed by atoms with Crippen LogP contribution in [0.2, 0.25) is 0 Å². The minimum Gasteiger partial charge on any atom is -0.313 e. The summed E-state index contributed by atoms with van der Waals surface area (Å²) in [6, 6.07) is 8.52. The predicted molar refractivity (Wildman–Crippen MR) is 80.8 cm³/mol. The van der Waals surface area contributed by atoms with Crippen LogP contribution in [-0.4, -0.2) is 18.1 Å². The molecule has 0 saturated carbocycles. The van der Waals surface area contributed by atoms with Crippen molar-refractivity contribution in [2.75, 3.05) is 17.7 Å². The van der Waals surface area contributed by atoms with Crippen LogP contribution in [0.3, 0.4) is 0 Å². The lowest BCUT2D eigenvalue weighted by Crippen LogP contribution is -2.20. The van der Waals surface area contributed by atoms with Gasteiger partial charge in [0.2, 0.25) is 0 Å². The summed E-state index contributed by atoms with van der Waals surface area (Å²) in [4.78, 5) is 15.5. The quantitative estimate of drug-likeness (QED) is 0.809. The Hall–Kier alpha value is -2.47. The number of nitrogens with zero attached hydrogens (tertiary/aromatic N) is 1. The number of anilines is 2. The number of carbonyl (C=O) groups excluding carboxylic acids is 1. The highest BCUT2D eigenvalue weighted by Crippen LogP contribution is 2.17. The largest absolute Gasteiger partial charge is 0.323 e. The van der Waals surface area contributed by atoms with Crippen LogP contribution < -0.4 is 16.0 Å². The van der Waals surface area contributed by atoms with E-state index < -0.39 is 11.8 Å². The number of amides is 2. The van der Waals surface area contributed by atoms with E-state index in [1.54, 1.807) is 6.07 Å². The van der Waals surface area contributed by atoms with E-state index in [9.17, 15) is 9.18 Å². The van der Waals surface area contributed by atoms with Crippen LogP contribution >= 0.6 is 0 Å². The Labute approximate surface area is 122 Å². The first-order valence-corrected chi connectivity index (χ1v) is 6.55. The van der Waals surface area contributed by atoms with Gasteiger partial charge in [0.15, 0.2) is 5.82 Å². The van der Waals surface area contributed by atoms with Gasteiger partial charge >= 0.3 is 6.03 Å². The number of hydrogen-bond donors (Lipinski definition) is 3. The molecule has 1 unspecified atom stereocenters. The maximum atomic E-state index is 13.4. The first kappa shape index (κ1) is 14.9. The fraction of sp³-hybridized carbons (Fsp3) is 0.200. The Morgan fingerprint density at radius 3 is 2.81 bits per heavy atom. The highest BCUT2D eigenvalue weighted by atomic mass is 19.1. The molecule has 0 aliphatic carbocycles. The van der Waals surface area contributed by atoms with Gasteiger partial charge in [-0.1, -0.05) is 12.1 Å². The number of rotatable bonds is 4. The normalized spacial score (nSPS) is 11.8. The van der Waals surface area contributed by atoms with Crippen LogP contribution in [0, 0.1) is 5.82 Å². The monoisotopic (exact) mass is 288 g/mol. The SMILES string of the molecule is CNC(C)c1cccc(NC(=O)Nc2ccncc2F)c1. The van der Waals surface area contributed by atoms with Crippen LogP contribution in [0.25, 0.3) is 0 Å². The van der Waals surface area contributed by atoms with Gasteiger partial charge in [-0.2, -0.15) is 0 Å². The molecule has 0 radical (unpaired) electrons. The number of halogens is 1. The van der Waals surface area contributed by atoms with E-state index in [1.807, 2.05) is 32.2 Å². The van der Waals surface area contributed by atoms with Crippen molar-refractivity contribution < 1.29 is 9.18 Å². The molecule has 2 aromatic rings. The van der Waals surface area contributed by atoms with Crippen molar-refractivity contribution in [3.63, 3.8) is 0 Å². The second-order valence-corrected chi connectivity index (χ2v) is 4.57. The molecule has 2 rings (SSSR count). The van der Waals surface area contributed by atoms with Gasteiger partial charge < -0.3 is 16.0 Å². The number of benzene rings is 1. The first-order valence-electron chi connectivity index (χ1n) is 6.55. The molecule has 0 saturated heterocycles. The van der Waals surface area contributed by atoms with E-state index in [0.717, 1.165) is 11.8 Å². The van der Waals surface area contributed by atoms with E-state index in [4.69, 9.17) is 0 Å². The Morgan fingerprint density at radius 2 is 2.10 bits per heavy atom. The van der Waals surface area contributed by atoms with Gasteiger partial charge in [-0.3, -0.25) is 4.98 Å². The second kappa shape index (κ2) is 6.81. The number of aromatic nitrogens is 1. The minimum atomic E-state index is -0.579. The predicted octanol–water partition coefficient (Wildman–Crippen LogP) is 3.15. The van der Waals surface area contributed by atoms with E-state index >= 15 is 0 Å². The summed E-state index contributed by atoms with van der Waals surface area (Å²) in [6.45, 7) is 2.02. The topological polar surface area (TPSA) is 66.0 Å². The number of urea groups is 1. The molecule has 0 spiro atoms. The molecule has 3 N–H and O–H groups in total. The third-order valence-electron chi connectivity index (χ3n) is 3.10. The van der Waals surface area contributed by atoms with Crippen molar-refractivity contribution in [1.29, 1.82) is 0 Å². The van der Waals surface area contributed by atoms with E-state index in [-0.39, 0.29) is 11.7 Å². The van der Waals surface area contributed by atoms with Gasteiger partial charge in [0.1, 0.15) is 0 Å². The van der Waals surface area contributed by atoms with Crippen LogP contribution in [0.1, 0.15) is 18.5 Å². The fourth-order valence-corrected chi connectivity index (χ4v) is 1.81. The first-order chi connectivity index (χ1) is 10.1. The van der Waals surface area contributed by atoms with Gasteiger partial charge in [-0.05, 0) is 37.7 Å². The molecule has 21 heavy (non-hydrogen) atoms. The number of nitrogens with one attached hydrogen (secondary N) is 3. The Bertz CT molecular complexity index is 633. The lowest BCUT2D eigenvalue weighted by atomic mass is 10.1. The van der Waals surface area contributed by atoms with Gasteiger partial charge in [0, 0.05) is 17.9 Å². The Kier molecular flexibility index (Phi) is 4.84. The van der Waals surface area contributed by atoms with Crippen molar-refractivity contribution >= 4 is 17.4 Å². The second-order valence-electron chi connectivity index (χ2n) is 4.57. The Morgan fingerprint density at radius 1 is 1.29 bits per heavy atom. The third kappa shape index (κ3) is 4.00. The molecule has 1 aromatic heterocycles. The number of hydrogen-bond acceptors (Lipinski definition) is 3. The Balaban J connectivity index is 2.05. The lowest BCUT2D eigenvalue weighted by molar-refractivity contribution is 0.262.